The Morgan fingerprint density at radius 1 is 1.07 bits per heavy atom. The van der Waals surface area contributed by atoms with E-state index in [0.717, 1.165) is 36.7 Å². The Hall–Kier alpha value is -3.41. The normalized spacial score (nSPS) is 14.1. The van der Waals surface area contributed by atoms with Gasteiger partial charge in [-0.3, -0.25) is 4.79 Å². The molecule has 2 N–H and O–H groups in total. The third kappa shape index (κ3) is 3.67. The molecule has 28 heavy (non-hydrogen) atoms. The first kappa shape index (κ1) is 18.0. The highest BCUT2D eigenvalue weighted by Crippen LogP contribution is 2.25. The van der Waals surface area contributed by atoms with Crippen LogP contribution in [0.1, 0.15) is 28.8 Å². The lowest BCUT2D eigenvalue weighted by atomic mass is 10.1. The molecule has 4 rings (SSSR count). The number of aromatic hydroxyl groups is 1. The van der Waals surface area contributed by atoms with Crippen LogP contribution in [0.5, 0.6) is 5.75 Å². The monoisotopic (exact) mass is 377 g/mol. The number of halogens is 1. The molecule has 0 aromatic heterocycles. The van der Waals surface area contributed by atoms with Crippen LogP contribution >= 0.6 is 0 Å². The SMILES string of the molecule is O=C(NN=Cc1ccc(N2CCCC2)c(F)c1)c1cc2ccccc2cc1O. The van der Waals surface area contributed by atoms with Gasteiger partial charge in [0, 0.05) is 13.1 Å². The van der Waals surface area contributed by atoms with Gasteiger partial charge in [-0.25, -0.2) is 9.82 Å². The third-order valence-corrected chi connectivity index (χ3v) is 4.91. The van der Waals surface area contributed by atoms with E-state index in [4.69, 9.17) is 0 Å². The molecule has 0 bridgehead atoms. The summed E-state index contributed by atoms with van der Waals surface area (Å²) >= 11 is 0. The predicted octanol–water partition coefficient (Wildman–Crippen LogP) is 4.05. The largest absolute Gasteiger partial charge is 0.507 e. The van der Waals surface area contributed by atoms with Gasteiger partial charge in [0.25, 0.3) is 5.91 Å². The number of phenols is 1. The molecule has 5 nitrogen and oxygen atoms in total. The summed E-state index contributed by atoms with van der Waals surface area (Å²) in [7, 11) is 0. The zero-order valence-corrected chi connectivity index (χ0v) is 15.2. The Bertz CT molecular complexity index is 1060. The van der Waals surface area contributed by atoms with Crippen molar-refractivity contribution in [3.8, 4) is 5.75 Å². The number of nitrogens with zero attached hydrogens (tertiary/aromatic N) is 2. The molecule has 1 heterocycles. The summed E-state index contributed by atoms with van der Waals surface area (Å²) < 4.78 is 14.3. The van der Waals surface area contributed by atoms with Crippen molar-refractivity contribution in [1.29, 1.82) is 0 Å². The van der Waals surface area contributed by atoms with E-state index >= 15 is 0 Å². The van der Waals surface area contributed by atoms with E-state index in [1.807, 2.05) is 29.2 Å². The molecule has 0 radical (unpaired) electrons. The van der Waals surface area contributed by atoms with Crippen LogP contribution in [0.3, 0.4) is 0 Å². The summed E-state index contributed by atoms with van der Waals surface area (Å²) in [5, 5.41) is 15.7. The second-order valence-corrected chi connectivity index (χ2v) is 6.82. The molecule has 1 amide bonds. The maximum Gasteiger partial charge on any atom is 0.275 e. The number of carbonyl (C=O) groups excluding carboxylic acids is 1. The molecule has 3 aromatic rings. The Kier molecular flexibility index (Phi) is 4.93. The van der Waals surface area contributed by atoms with Crippen molar-refractivity contribution in [2.45, 2.75) is 12.8 Å². The summed E-state index contributed by atoms with van der Waals surface area (Å²) in [5.74, 6) is -0.953. The van der Waals surface area contributed by atoms with Gasteiger partial charge in [0.2, 0.25) is 0 Å². The molecule has 142 valence electrons. The topological polar surface area (TPSA) is 64.9 Å². The van der Waals surface area contributed by atoms with Gasteiger partial charge in [-0.2, -0.15) is 5.10 Å². The van der Waals surface area contributed by atoms with Crippen LogP contribution in [-0.2, 0) is 0 Å². The van der Waals surface area contributed by atoms with E-state index in [9.17, 15) is 14.3 Å². The third-order valence-electron chi connectivity index (χ3n) is 4.91. The minimum absolute atomic E-state index is 0.118. The number of hydrogen-bond acceptors (Lipinski definition) is 4. The van der Waals surface area contributed by atoms with Crippen molar-refractivity contribution in [2.75, 3.05) is 18.0 Å². The molecule has 0 unspecified atom stereocenters. The first-order valence-electron chi connectivity index (χ1n) is 9.21. The van der Waals surface area contributed by atoms with Crippen LogP contribution in [0.15, 0.2) is 59.7 Å². The second-order valence-electron chi connectivity index (χ2n) is 6.82. The van der Waals surface area contributed by atoms with Gasteiger partial charge >= 0.3 is 0 Å². The van der Waals surface area contributed by atoms with Crippen LogP contribution < -0.4 is 10.3 Å². The second kappa shape index (κ2) is 7.68. The number of amides is 1. The Balaban J connectivity index is 1.46. The maximum atomic E-state index is 14.3. The molecule has 6 heteroatoms. The molecule has 0 atom stereocenters. The zero-order chi connectivity index (χ0) is 19.5. The zero-order valence-electron chi connectivity index (χ0n) is 15.2. The lowest BCUT2D eigenvalue weighted by molar-refractivity contribution is 0.0952. The van der Waals surface area contributed by atoms with E-state index in [1.54, 1.807) is 24.3 Å². The van der Waals surface area contributed by atoms with E-state index in [1.165, 1.54) is 12.3 Å². The van der Waals surface area contributed by atoms with Crippen molar-refractivity contribution in [3.63, 3.8) is 0 Å². The fraction of sp³-hybridized carbons (Fsp3) is 0.182. The average molecular weight is 377 g/mol. The van der Waals surface area contributed by atoms with Gasteiger partial charge in [0.15, 0.2) is 0 Å². The summed E-state index contributed by atoms with van der Waals surface area (Å²) in [6, 6.07) is 15.5. The Morgan fingerprint density at radius 3 is 2.50 bits per heavy atom. The lowest BCUT2D eigenvalue weighted by Gasteiger charge is -2.18. The Morgan fingerprint density at radius 2 is 1.79 bits per heavy atom. The average Bonchev–Trinajstić information content (AvgIpc) is 3.22. The molecule has 1 aliphatic rings. The molecule has 3 aromatic carbocycles. The lowest BCUT2D eigenvalue weighted by Crippen LogP contribution is -2.19. The van der Waals surface area contributed by atoms with Crippen LogP contribution in [0.25, 0.3) is 10.8 Å². The van der Waals surface area contributed by atoms with Gasteiger partial charge in [0.1, 0.15) is 11.6 Å². The summed E-state index contributed by atoms with van der Waals surface area (Å²) in [5.41, 5.74) is 3.65. The van der Waals surface area contributed by atoms with Crippen LogP contribution in [0.2, 0.25) is 0 Å². The van der Waals surface area contributed by atoms with Gasteiger partial charge in [-0.05, 0) is 53.4 Å². The number of carbonyl (C=O) groups is 1. The summed E-state index contributed by atoms with van der Waals surface area (Å²) in [4.78, 5) is 14.4. The number of rotatable bonds is 4. The number of anilines is 1. The highest BCUT2D eigenvalue weighted by molar-refractivity contribution is 6.01. The van der Waals surface area contributed by atoms with Gasteiger partial charge < -0.3 is 10.0 Å². The number of fused-ring (bicyclic) bond motifs is 1. The maximum absolute atomic E-state index is 14.3. The molecule has 1 saturated heterocycles. The number of nitrogens with one attached hydrogen (secondary N) is 1. The smallest absolute Gasteiger partial charge is 0.275 e. The van der Waals surface area contributed by atoms with Crippen molar-refractivity contribution < 1.29 is 14.3 Å². The first-order valence-corrected chi connectivity index (χ1v) is 9.21. The van der Waals surface area contributed by atoms with E-state index < -0.39 is 5.91 Å². The van der Waals surface area contributed by atoms with E-state index in [2.05, 4.69) is 10.5 Å². The van der Waals surface area contributed by atoms with Crippen LogP contribution in [0, 0.1) is 5.82 Å². The molecule has 1 aliphatic heterocycles. The molecule has 0 spiro atoms. The standard InChI is InChI=1S/C22H20FN3O2/c23-19-11-15(7-8-20(19)26-9-3-4-10-26)14-24-25-22(28)18-12-16-5-1-2-6-17(16)13-21(18)27/h1-2,5-8,11-14,27H,3-4,9-10H2,(H,25,28). The van der Waals surface area contributed by atoms with Crippen molar-refractivity contribution in [2.24, 2.45) is 5.10 Å². The highest BCUT2D eigenvalue weighted by Gasteiger charge is 2.16. The van der Waals surface area contributed by atoms with Crippen molar-refractivity contribution in [3.05, 3.63) is 71.5 Å². The van der Waals surface area contributed by atoms with Gasteiger partial charge in [0.05, 0.1) is 17.5 Å². The molecule has 0 saturated carbocycles. The summed E-state index contributed by atoms with van der Waals surface area (Å²) in [6.45, 7) is 1.74. The van der Waals surface area contributed by atoms with E-state index in [0.29, 0.717) is 11.3 Å². The van der Waals surface area contributed by atoms with Crippen LogP contribution in [-0.4, -0.2) is 30.3 Å². The Labute approximate surface area is 162 Å². The minimum Gasteiger partial charge on any atom is -0.507 e. The van der Waals surface area contributed by atoms with E-state index in [-0.39, 0.29) is 17.1 Å². The number of hydrazone groups is 1. The van der Waals surface area contributed by atoms with Crippen LogP contribution in [0.4, 0.5) is 10.1 Å². The first-order chi connectivity index (χ1) is 13.6. The van der Waals surface area contributed by atoms with Gasteiger partial charge in [-0.15, -0.1) is 0 Å². The number of hydrogen-bond donors (Lipinski definition) is 2. The highest BCUT2D eigenvalue weighted by atomic mass is 19.1. The predicted molar refractivity (Wildman–Crippen MR) is 109 cm³/mol. The van der Waals surface area contributed by atoms with Crippen molar-refractivity contribution >= 4 is 28.6 Å². The minimum atomic E-state index is -0.534. The van der Waals surface area contributed by atoms with Crippen molar-refractivity contribution in [1.82, 2.24) is 5.43 Å². The molecular formula is C22H20FN3O2. The summed E-state index contributed by atoms with van der Waals surface area (Å²) in [6.07, 6.45) is 3.54. The molecule has 1 fully saturated rings. The number of phenolic OH excluding ortho intramolecular Hbond substituents is 1. The molecule has 0 aliphatic carbocycles. The van der Waals surface area contributed by atoms with Gasteiger partial charge in [-0.1, -0.05) is 30.3 Å². The number of benzene rings is 3. The fourth-order valence-corrected chi connectivity index (χ4v) is 3.45. The molecular weight excluding hydrogens is 357 g/mol. The quantitative estimate of drug-likeness (QED) is 0.533. The fourth-order valence-electron chi connectivity index (χ4n) is 3.45.